The lowest BCUT2D eigenvalue weighted by Crippen LogP contribution is -2.25. The summed E-state index contributed by atoms with van der Waals surface area (Å²) in [4.78, 5) is 11.8. The molecule has 160 valence electrons. The maximum absolute atomic E-state index is 11.8. The van der Waals surface area contributed by atoms with E-state index in [1.165, 1.54) is 11.8 Å². The average Bonchev–Trinajstić information content (AvgIpc) is 3.18. The summed E-state index contributed by atoms with van der Waals surface area (Å²) >= 11 is 1.20. The normalized spacial score (nSPS) is 10.6. The van der Waals surface area contributed by atoms with E-state index in [0.717, 1.165) is 12.8 Å². The van der Waals surface area contributed by atoms with Crippen LogP contribution in [0.15, 0.2) is 21.8 Å². The minimum absolute atomic E-state index is 0.0541. The fraction of sp³-hybridized carbons (Fsp3) is 0.550. The summed E-state index contributed by atoms with van der Waals surface area (Å²) in [6.07, 6.45) is 2.00. The molecule has 1 aromatic heterocycles. The van der Waals surface area contributed by atoms with Crippen molar-refractivity contribution in [2.24, 2.45) is 0 Å². The third-order valence-electron chi connectivity index (χ3n) is 3.74. The third kappa shape index (κ3) is 6.85. The number of carbonyl (C=O) groups is 1. The van der Waals surface area contributed by atoms with Crippen LogP contribution in [0.25, 0.3) is 11.5 Å². The summed E-state index contributed by atoms with van der Waals surface area (Å²) in [7, 11) is 0. The summed E-state index contributed by atoms with van der Waals surface area (Å²) in [5.41, 5.74) is 0.659. The van der Waals surface area contributed by atoms with Crippen molar-refractivity contribution in [2.45, 2.75) is 45.8 Å². The molecule has 0 saturated carbocycles. The number of nitrogens with one attached hydrogen (secondary N) is 1. The molecule has 0 atom stereocenters. The molecule has 0 unspecified atom stereocenters. The fourth-order valence-corrected chi connectivity index (χ4v) is 3.07. The van der Waals surface area contributed by atoms with Crippen LogP contribution in [0.5, 0.6) is 17.2 Å². The van der Waals surface area contributed by atoms with Crippen molar-refractivity contribution >= 4 is 17.7 Å². The quantitative estimate of drug-likeness (QED) is 0.382. The standard InChI is InChI=1S/C20H29N3O5S/c1-5-9-10-21-17(24)13-29-20-23-22-19(28-20)14-11-15(25-6-2)18(27-8-4)16(12-14)26-7-3/h11-12H,5-10,13H2,1-4H3,(H,21,24). The number of thioether (sulfide) groups is 1. The van der Waals surface area contributed by atoms with Crippen LogP contribution in [0.4, 0.5) is 0 Å². The molecule has 0 aliphatic heterocycles. The molecule has 0 saturated heterocycles. The molecule has 0 bridgehead atoms. The first-order chi connectivity index (χ1) is 14.1. The van der Waals surface area contributed by atoms with Crippen molar-refractivity contribution in [2.75, 3.05) is 32.1 Å². The summed E-state index contributed by atoms with van der Waals surface area (Å²) in [5, 5.41) is 11.3. The number of aromatic nitrogens is 2. The van der Waals surface area contributed by atoms with Crippen LogP contribution in [-0.2, 0) is 4.79 Å². The van der Waals surface area contributed by atoms with Gasteiger partial charge in [-0.15, -0.1) is 10.2 Å². The molecule has 0 aliphatic rings. The lowest BCUT2D eigenvalue weighted by atomic mass is 10.2. The van der Waals surface area contributed by atoms with Gasteiger partial charge in [-0.05, 0) is 39.3 Å². The first-order valence-electron chi connectivity index (χ1n) is 9.92. The van der Waals surface area contributed by atoms with Gasteiger partial charge in [-0.1, -0.05) is 25.1 Å². The molecule has 2 rings (SSSR count). The Balaban J connectivity index is 2.16. The van der Waals surface area contributed by atoms with Gasteiger partial charge in [0.15, 0.2) is 11.5 Å². The summed E-state index contributed by atoms with van der Waals surface area (Å²) < 4.78 is 22.9. The number of hydrogen-bond donors (Lipinski definition) is 1. The predicted molar refractivity (Wildman–Crippen MR) is 112 cm³/mol. The summed E-state index contributed by atoms with van der Waals surface area (Å²) in [5.74, 6) is 2.16. The maximum atomic E-state index is 11.8. The average molecular weight is 424 g/mol. The van der Waals surface area contributed by atoms with Gasteiger partial charge in [0.2, 0.25) is 17.5 Å². The SMILES string of the molecule is CCCCNC(=O)CSc1nnc(-c2cc(OCC)c(OCC)c(OCC)c2)o1. The van der Waals surface area contributed by atoms with Gasteiger partial charge in [0.25, 0.3) is 5.22 Å². The summed E-state index contributed by atoms with van der Waals surface area (Å²) in [6, 6.07) is 3.58. The number of hydrogen-bond acceptors (Lipinski definition) is 8. The van der Waals surface area contributed by atoms with Crippen LogP contribution in [0.3, 0.4) is 0 Å². The number of benzene rings is 1. The van der Waals surface area contributed by atoms with E-state index in [4.69, 9.17) is 18.6 Å². The minimum atomic E-state index is -0.0541. The fourth-order valence-electron chi connectivity index (χ4n) is 2.48. The van der Waals surface area contributed by atoms with Gasteiger partial charge in [0, 0.05) is 12.1 Å². The van der Waals surface area contributed by atoms with E-state index in [0.29, 0.717) is 60.3 Å². The highest BCUT2D eigenvalue weighted by atomic mass is 32.2. The highest BCUT2D eigenvalue weighted by Gasteiger charge is 2.19. The number of amides is 1. The number of carbonyl (C=O) groups excluding carboxylic acids is 1. The van der Waals surface area contributed by atoms with Gasteiger partial charge in [-0.2, -0.15) is 0 Å². The molecular weight excluding hydrogens is 394 g/mol. The topological polar surface area (TPSA) is 95.7 Å². The molecule has 1 N–H and O–H groups in total. The van der Waals surface area contributed by atoms with E-state index in [-0.39, 0.29) is 11.7 Å². The van der Waals surface area contributed by atoms with Gasteiger partial charge in [0.05, 0.1) is 25.6 Å². The van der Waals surface area contributed by atoms with Crippen LogP contribution in [0.2, 0.25) is 0 Å². The Morgan fingerprint density at radius 3 is 2.28 bits per heavy atom. The molecule has 0 aliphatic carbocycles. The molecule has 0 spiro atoms. The van der Waals surface area contributed by atoms with Crippen LogP contribution >= 0.6 is 11.8 Å². The van der Waals surface area contributed by atoms with Crippen molar-refractivity contribution in [1.29, 1.82) is 0 Å². The van der Waals surface area contributed by atoms with Gasteiger partial charge in [-0.25, -0.2) is 0 Å². The zero-order valence-electron chi connectivity index (χ0n) is 17.4. The van der Waals surface area contributed by atoms with Crippen molar-refractivity contribution in [3.8, 4) is 28.7 Å². The lowest BCUT2D eigenvalue weighted by molar-refractivity contribution is -0.118. The second kappa shape index (κ2) is 12.2. The molecule has 1 heterocycles. The van der Waals surface area contributed by atoms with E-state index in [9.17, 15) is 4.79 Å². The van der Waals surface area contributed by atoms with Crippen molar-refractivity contribution < 1.29 is 23.4 Å². The molecule has 1 amide bonds. The molecule has 0 fully saturated rings. The second-order valence-corrected chi connectivity index (χ2v) is 6.89. The van der Waals surface area contributed by atoms with Crippen molar-refractivity contribution in [1.82, 2.24) is 15.5 Å². The van der Waals surface area contributed by atoms with Gasteiger partial charge in [-0.3, -0.25) is 4.79 Å². The maximum Gasteiger partial charge on any atom is 0.277 e. The van der Waals surface area contributed by atoms with E-state index in [2.05, 4.69) is 22.4 Å². The lowest BCUT2D eigenvalue weighted by Gasteiger charge is -2.16. The Bertz CT molecular complexity index is 754. The van der Waals surface area contributed by atoms with Gasteiger partial charge < -0.3 is 23.9 Å². The van der Waals surface area contributed by atoms with E-state index >= 15 is 0 Å². The smallest absolute Gasteiger partial charge is 0.277 e. The number of unbranched alkanes of at least 4 members (excludes halogenated alkanes) is 1. The molecule has 0 radical (unpaired) electrons. The Kier molecular flexibility index (Phi) is 9.63. The molecule has 9 heteroatoms. The summed E-state index contributed by atoms with van der Waals surface area (Å²) in [6.45, 7) is 9.90. The Labute approximate surface area is 175 Å². The largest absolute Gasteiger partial charge is 0.490 e. The Morgan fingerprint density at radius 2 is 1.69 bits per heavy atom. The van der Waals surface area contributed by atoms with Crippen LogP contribution in [-0.4, -0.2) is 48.2 Å². The first kappa shape index (κ1) is 22.9. The number of nitrogens with zero attached hydrogens (tertiary/aromatic N) is 2. The van der Waals surface area contributed by atoms with E-state index in [1.54, 1.807) is 12.1 Å². The second-order valence-electron chi connectivity index (χ2n) is 5.97. The van der Waals surface area contributed by atoms with E-state index in [1.807, 2.05) is 20.8 Å². The van der Waals surface area contributed by atoms with E-state index < -0.39 is 0 Å². The van der Waals surface area contributed by atoms with Gasteiger partial charge >= 0.3 is 0 Å². The van der Waals surface area contributed by atoms with Crippen molar-refractivity contribution in [3.05, 3.63) is 12.1 Å². The van der Waals surface area contributed by atoms with Crippen LogP contribution in [0, 0.1) is 0 Å². The van der Waals surface area contributed by atoms with Crippen LogP contribution in [0.1, 0.15) is 40.5 Å². The number of rotatable bonds is 13. The highest BCUT2D eigenvalue weighted by molar-refractivity contribution is 7.99. The number of ether oxygens (including phenoxy) is 3. The zero-order chi connectivity index (χ0) is 21.1. The Hall–Kier alpha value is -2.42. The zero-order valence-corrected chi connectivity index (χ0v) is 18.3. The molecule has 1 aromatic carbocycles. The molecule has 29 heavy (non-hydrogen) atoms. The molecule has 2 aromatic rings. The predicted octanol–water partition coefficient (Wildman–Crippen LogP) is 3.94. The Morgan fingerprint density at radius 1 is 1.03 bits per heavy atom. The first-order valence-corrected chi connectivity index (χ1v) is 10.9. The van der Waals surface area contributed by atoms with Crippen molar-refractivity contribution in [3.63, 3.8) is 0 Å². The van der Waals surface area contributed by atoms with Crippen LogP contribution < -0.4 is 19.5 Å². The molecule has 8 nitrogen and oxygen atoms in total. The van der Waals surface area contributed by atoms with Gasteiger partial charge in [0.1, 0.15) is 0 Å². The third-order valence-corrected chi connectivity index (χ3v) is 4.56. The highest BCUT2D eigenvalue weighted by Crippen LogP contribution is 2.42. The monoisotopic (exact) mass is 423 g/mol. The molecular formula is C20H29N3O5S. The minimum Gasteiger partial charge on any atom is -0.490 e.